The summed E-state index contributed by atoms with van der Waals surface area (Å²) in [6.07, 6.45) is 1.71. The van der Waals surface area contributed by atoms with Gasteiger partial charge in [0, 0.05) is 16.6 Å². The van der Waals surface area contributed by atoms with E-state index >= 15 is 0 Å². The quantitative estimate of drug-likeness (QED) is 0.486. The van der Waals surface area contributed by atoms with Crippen LogP contribution < -0.4 is 10.9 Å². The number of carbonyl (C=O) groups excluding carboxylic acids is 1. The van der Waals surface area contributed by atoms with Crippen molar-refractivity contribution in [2.75, 3.05) is 5.32 Å². The lowest BCUT2D eigenvalue weighted by molar-refractivity contribution is 0.102. The SMILES string of the molecule is Cc1nc2ccccc2c(=O)n1-c1ccc(C(=O)Nc2ccc3[nH]ncc3c2)cc1. The lowest BCUT2D eigenvalue weighted by Crippen LogP contribution is -2.22. The summed E-state index contributed by atoms with van der Waals surface area (Å²) in [6.45, 7) is 1.79. The number of fused-ring (bicyclic) bond motifs is 2. The number of nitrogens with zero attached hydrogens (tertiary/aromatic N) is 3. The van der Waals surface area contributed by atoms with E-state index in [1.807, 2.05) is 36.4 Å². The second-order valence-corrected chi connectivity index (χ2v) is 6.99. The minimum Gasteiger partial charge on any atom is -0.322 e. The molecule has 30 heavy (non-hydrogen) atoms. The summed E-state index contributed by atoms with van der Waals surface area (Å²) in [5.41, 5.74) is 3.27. The summed E-state index contributed by atoms with van der Waals surface area (Å²) >= 11 is 0. The first-order chi connectivity index (χ1) is 14.6. The second-order valence-electron chi connectivity index (χ2n) is 6.99. The summed E-state index contributed by atoms with van der Waals surface area (Å²) in [6, 6.07) is 19.7. The van der Waals surface area contributed by atoms with Crippen LogP contribution in [0.15, 0.2) is 77.7 Å². The van der Waals surface area contributed by atoms with Crippen LogP contribution in [0, 0.1) is 6.92 Å². The number of benzene rings is 3. The van der Waals surface area contributed by atoms with Crippen LogP contribution in [0.25, 0.3) is 27.5 Å². The molecule has 0 radical (unpaired) electrons. The lowest BCUT2D eigenvalue weighted by atomic mass is 10.1. The average molecular weight is 395 g/mol. The summed E-state index contributed by atoms with van der Waals surface area (Å²) in [4.78, 5) is 30.1. The zero-order chi connectivity index (χ0) is 20.7. The van der Waals surface area contributed by atoms with Crippen LogP contribution in [0.3, 0.4) is 0 Å². The van der Waals surface area contributed by atoms with Crippen LogP contribution in [-0.4, -0.2) is 25.7 Å². The molecule has 7 nitrogen and oxygen atoms in total. The molecule has 1 amide bonds. The zero-order valence-corrected chi connectivity index (χ0v) is 16.1. The van der Waals surface area contributed by atoms with Crippen molar-refractivity contribution in [2.45, 2.75) is 6.92 Å². The molecule has 7 heteroatoms. The molecule has 0 spiro atoms. The fourth-order valence-electron chi connectivity index (χ4n) is 3.53. The van der Waals surface area contributed by atoms with Crippen molar-refractivity contribution in [1.82, 2.24) is 19.7 Å². The Bertz CT molecular complexity index is 1470. The first-order valence-corrected chi connectivity index (χ1v) is 9.43. The highest BCUT2D eigenvalue weighted by atomic mass is 16.1. The van der Waals surface area contributed by atoms with Crippen molar-refractivity contribution in [3.05, 3.63) is 94.7 Å². The molecule has 2 N–H and O–H groups in total. The first kappa shape index (κ1) is 17.8. The van der Waals surface area contributed by atoms with E-state index in [9.17, 15) is 9.59 Å². The normalized spacial score (nSPS) is 11.1. The van der Waals surface area contributed by atoms with Gasteiger partial charge in [-0.2, -0.15) is 5.10 Å². The van der Waals surface area contributed by atoms with Crippen LogP contribution in [0.4, 0.5) is 5.69 Å². The Morgan fingerprint density at radius 1 is 1.03 bits per heavy atom. The van der Waals surface area contributed by atoms with Gasteiger partial charge in [-0.05, 0) is 61.5 Å². The van der Waals surface area contributed by atoms with E-state index in [1.165, 1.54) is 0 Å². The van der Waals surface area contributed by atoms with E-state index in [2.05, 4.69) is 20.5 Å². The average Bonchev–Trinajstić information content (AvgIpc) is 3.22. The maximum atomic E-state index is 12.9. The number of carbonyl (C=O) groups is 1. The molecule has 0 unspecified atom stereocenters. The zero-order valence-electron chi connectivity index (χ0n) is 16.1. The van der Waals surface area contributed by atoms with Gasteiger partial charge in [0.1, 0.15) is 5.82 Å². The van der Waals surface area contributed by atoms with E-state index in [-0.39, 0.29) is 11.5 Å². The van der Waals surface area contributed by atoms with Crippen molar-refractivity contribution in [3.63, 3.8) is 0 Å². The lowest BCUT2D eigenvalue weighted by Gasteiger charge is -2.11. The Labute approximate surface area is 171 Å². The predicted molar refractivity (Wildman–Crippen MR) is 116 cm³/mol. The molecule has 0 saturated carbocycles. The van der Waals surface area contributed by atoms with E-state index < -0.39 is 0 Å². The van der Waals surface area contributed by atoms with Crippen LogP contribution >= 0.6 is 0 Å². The van der Waals surface area contributed by atoms with Gasteiger partial charge in [0.25, 0.3) is 11.5 Å². The smallest absolute Gasteiger partial charge is 0.265 e. The summed E-state index contributed by atoms with van der Waals surface area (Å²) in [5.74, 6) is 0.356. The molecule has 0 aliphatic carbocycles. The molecule has 146 valence electrons. The topological polar surface area (TPSA) is 92.7 Å². The van der Waals surface area contributed by atoms with Gasteiger partial charge in [-0.1, -0.05) is 12.1 Å². The van der Waals surface area contributed by atoms with E-state index in [4.69, 9.17) is 0 Å². The molecule has 5 rings (SSSR count). The summed E-state index contributed by atoms with van der Waals surface area (Å²) < 4.78 is 1.55. The number of H-pyrrole nitrogens is 1. The number of aromatic amines is 1. The monoisotopic (exact) mass is 395 g/mol. The molecule has 0 bridgehead atoms. The number of hydrogen-bond donors (Lipinski definition) is 2. The Kier molecular flexibility index (Phi) is 4.14. The molecule has 5 aromatic rings. The molecular formula is C23H17N5O2. The maximum Gasteiger partial charge on any atom is 0.265 e. The maximum absolute atomic E-state index is 12.9. The van der Waals surface area contributed by atoms with Crippen LogP contribution in [-0.2, 0) is 0 Å². The summed E-state index contributed by atoms with van der Waals surface area (Å²) in [7, 11) is 0. The number of rotatable bonds is 3. The van der Waals surface area contributed by atoms with Gasteiger partial charge < -0.3 is 5.32 Å². The number of aryl methyl sites for hydroxylation is 1. The standard InChI is InChI=1S/C23H17N5O2/c1-14-25-21-5-3-2-4-19(21)23(30)28(14)18-9-6-15(7-10-18)22(29)26-17-8-11-20-16(12-17)13-24-27-20/h2-13H,1H3,(H,24,27)(H,26,29). The molecule has 0 saturated heterocycles. The fraction of sp³-hybridized carbons (Fsp3) is 0.0435. The van der Waals surface area contributed by atoms with Gasteiger partial charge in [-0.3, -0.25) is 19.3 Å². The molecule has 0 aliphatic rings. The van der Waals surface area contributed by atoms with Gasteiger partial charge in [-0.25, -0.2) is 4.98 Å². The Balaban J connectivity index is 1.45. The number of hydrogen-bond acceptors (Lipinski definition) is 4. The predicted octanol–water partition coefficient (Wildman–Crippen LogP) is 3.82. The molecular weight excluding hydrogens is 378 g/mol. The van der Waals surface area contributed by atoms with Gasteiger partial charge in [0.05, 0.1) is 28.3 Å². The van der Waals surface area contributed by atoms with Gasteiger partial charge in [0.2, 0.25) is 0 Å². The molecule has 0 fully saturated rings. The largest absolute Gasteiger partial charge is 0.322 e. The van der Waals surface area contributed by atoms with E-state index in [1.54, 1.807) is 48.0 Å². The number of para-hydroxylation sites is 1. The molecule has 3 aromatic carbocycles. The third-order valence-corrected chi connectivity index (χ3v) is 5.03. The van der Waals surface area contributed by atoms with Crippen molar-refractivity contribution < 1.29 is 4.79 Å². The highest BCUT2D eigenvalue weighted by Gasteiger charge is 2.11. The molecule has 2 heterocycles. The van der Waals surface area contributed by atoms with Crippen molar-refractivity contribution in [2.24, 2.45) is 0 Å². The summed E-state index contributed by atoms with van der Waals surface area (Å²) in [5, 5.41) is 11.2. The third-order valence-electron chi connectivity index (χ3n) is 5.03. The number of nitrogens with one attached hydrogen (secondary N) is 2. The molecule has 2 aromatic heterocycles. The minimum absolute atomic E-state index is 0.135. The van der Waals surface area contributed by atoms with Crippen molar-refractivity contribution >= 4 is 33.4 Å². The Hall–Kier alpha value is -4.26. The third kappa shape index (κ3) is 3.02. The first-order valence-electron chi connectivity index (χ1n) is 9.43. The minimum atomic E-state index is -0.231. The highest BCUT2D eigenvalue weighted by Crippen LogP contribution is 2.18. The number of amides is 1. The van der Waals surface area contributed by atoms with Crippen molar-refractivity contribution in [3.8, 4) is 5.69 Å². The van der Waals surface area contributed by atoms with Crippen LogP contribution in [0.1, 0.15) is 16.2 Å². The van der Waals surface area contributed by atoms with Crippen LogP contribution in [0.5, 0.6) is 0 Å². The Morgan fingerprint density at radius 2 is 1.83 bits per heavy atom. The van der Waals surface area contributed by atoms with Crippen molar-refractivity contribution in [1.29, 1.82) is 0 Å². The van der Waals surface area contributed by atoms with E-state index in [0.29, 0.717) is 33.7 Å². The molecule has 0 aliphatic heterocycles. The molecule has 0 atom stereocenters. The fourth-order valence-corrected chi connectivity index (χ4v) is 3.53. The Morgan fingerprint density at radius 3 is 2.67 bits per heavy atom. The van der Waals surface area contributed by atoms with E-state index in [0.717, 1.165) is 10.9 Å². The number of aromatic nitrogens is 4. The second kappa shape index (κ2) is 6.97. The van der Waals surface area contributed by atoms with Gasteiger partial charge >= 0.3 is 0 Å². The van der Waals surface area contributed by atoms with Crippen LogP contribution in [0.2, 0.25) is 0 Å². The number of anilines is 1. The van der Waals surface area contributed by atoms with Gasteiger partial charge in [-0.15, -0.1) is 0 Å². The highest BCUT2D eigenvalue weighted by molar-refractivity contribution is 6.05. The van der Waals surface area contributed by atoms with Gasteiger partial charge in [0.15, 0.2) is 0 Å².